The van der Waals surface area contributed by atoms with Gasteiger partial charge in [0, 0.05) is 32.2 Å². The van der Waals surface area contributed by atoms with E-state index in [1.807, 2.05) is 4.90 Å². The number of sulfonamides is 1. The molecular formula is C16H14ClFN6O4S. The van der Waals surface area contributed by atoms with Crippen LogP contribution in [-0.4, -0.2) is 58.4 Å². The zero-order valence-corrected chi connectivity index (χ0v) is 16.3. The van der Waals surface area contributed by atoms with Crippen LogP contribution in [0.1, 0.15) is 0 Å². The average Bonchev–Trinajstić information content (AvgIpc) is 3.13. The van der Waals surface area contributed by atoms with Gasteiger partial charge in [0.25, 0.3) is 0 Å². The molecule has 0 aliphatic carbocycles. The minimum absolute atomic E-state index is 0.0778. The molecule has 10 nitrogen and oxygen atoms in total. The standard InChI is InChI=1S/C16H14ClFN6O4S/c17-12-9-11(1-2-13(12)18)29(27,28)22-7-5-21(6-8-22)15-4-3-14-19-10-16(24(25)26)23(14)20-15/h1-4,9-10H,5-8H2. The number of nitro groups is 1. The second-order valence-corrected chi connectivity index (χ2v) is 8.65. The topological polar surface area (TPSA) is 114 Å². The summed E-state index contributed by atoms with van der Waals surface area (Å²) in [5.41, 5.74) is 0.342. The van der Waals surface area contributed by atoms with E-state index in [-0.39, 0.29) is 28.8 Å². The van der Waals surface area contributed by atoms with Crippen molar-refractivity contribution in [3.05, 3.63) is 57.5 Å². The molecule has 0 radical (unpaired) electrons. The van der Waals surface area contributed by atoms with E-state index in [4.69, 9.17) is 11.6 Å². The molecule has 0 bridgehead atoms. The first-order valence-electron chi connectivity index (χ1n) is 8.47. The SMILES string of the molecule is O=[N+]([O-])c1cnc2ccc(N3CCN(S(=O)(=O)c4ccc(F)c(Cl)c4)CC3)nn12. The number of fused-ring (bicyclic) bond motifs is 1. The molecule has 29 heavy (non-hydrogen) atoms. The predicted octanol–water partition coefficient (Wildman–Crippen LogP) is 1.94. The number of benzene rings is 1. The summed E-state index contributed by atoms with van der Waals surface area (Å²) in [6.45, 7) is 0.996. The number of aromatic nitrogens is 3. The maximum Gasteiger partial charge on any atom is 0.368 e. The van der Waals surface area contributed by atoms with E-state index >= 15 is 0 Å². The number of hydrogen-bond donors (Lipinski definition) is 0. The van der Waals surface area contributed by atoms with Gasteiger partial charge in [0.2, 0.25) is 15.7 Å². The Hall–Kier alpha value is -2.83. The molecule has 1 aliphatic rings. The van der Waals surface area contributed by atoms with Crippen molar-refractivity contribution in [2.75, 3.05) is 31.1 Å². The average molecular weight is 441 g/mol. The van der Waals surface area contributed by atoms with Gasteiger partial charge in [-0.25, -0.2) is 17.8 Å². The van der Waals surface area contributed by atoms with Crippen LogP contribution in [0.3, 0.4) is 0 Å². The molecule has 1 aromatic carbocycles. The van der Waals surface area contributed by atoms with Crippen LogP contribution in [0.25, 0.3) is 5.65 Å². The Labute approximate surface area is 169 Å². The van der Waals surface area contributed by atoms with Crippen molar-refractivity contribution in [2.24, 2.45) is 0 Å². The molecule has 152 valence electrons. The third-order valence-corrected chi connectivity index (χ3v) is 6.79. The van der Waals surface area contributed by atoms with Crippen molar-refractivity contribution in [3.8, 4) is 0 Å². The molecular weight excluding hydrogens is 427 g/mol. The molecule has 1 aliphatic heterocycles. The van der Waals surface area contributed by atoms with E-state index in [0.717, 1.165) is 22.8 Å². The van der Waals surface area contributed by atoms with Gasteiger partial charge in [-0.05, 0) is 29.2 Å². The third-order valence-electron chi connectivity index (χ3n) is 4.61. The number of rotatable bonds is 4. The first-order chi connectivity index (χ1) is 13.8. The Morgan fingerprint density at radius 3 is 2.52 bits per heavy atom. The van der Waals surface area contributed by atoms with Crippen molar-refractivity contribution >= 4 is 38.9 Å². The number of imidazole rings is 1. The molecule has 2 aromatic heterocycles. The lowest BCUT2D eigenvalue weighted by molar-refractivity contribution is -0.391. The van der Waals surface area contributed by atoms with Crippen molar-refractivity contribution < 1.29 is 17.7 Å². The van der Waals surface area contributed by atoms with E-state index in [1.54, 1.807) is 12.1 Å². The summed E-state index contributed by atoms with van der Waals surface area (Å²) in [6, 6.07) is 6.57. The van der Waals surface area contributed by atoms with E-state index in [1.165, 1.54) is 10.4 Å². The smallest absolute Gasteiger partial charge is 0.358 e. The third kappa shape index (κ3) is 3.50. The highest BCUT2D eigenvalue weighted by Crippen LogP contribution is 2.24. The quantitative estimate of drug-likeness (QED) is 0.450. The van der Waals surface area contributed by atoms with Crippen molar-refractivity contribution in [2.45, 2.75) is 4.90 Å². The number of halogens is 2. The molecule has 3 aromatic rings. The Morgan fingerprint density at radius 2 is 1.86 bits per heavy atom. The zero-order chi connectivity index (χ0) is 20.8. The lowest BCUT2D eigenvalue weighted by atomic mass is 10.3. The Kier molecular flexibility index (Phi) is 4.84. The highest BCUT2D eigenvalue weighted by atomic mass is 35.5. The molecule has 1 saturated heterocycles. The molecule has 3 heterocycles. The fourth-order valence-corrected chi connectivity index (χ4v) is 4.78. The van der Waals surface area contributed by atoms with Gasteiger partial charge >= 0.3 is 5.82 Å². The van der Waals surface area contributed by atoms with Crippen LogP contribution in [0.4, 0.5) is 16.0 Å². The number of nitrogens with zero attached hydrogens (tertiary/aromatic N) is 6. The van der Waals surface area contributed by atoms with Crippen LogP contribution < -0.4 is 4.90 Å². The van der Waals surface area contributed by atoms with Crippen LogP contribution in [0, 0.1) is 15.9 Å². The van der Waals surface area contributed by atoms with Crippen LogP contribution in [0.2, 0.25) is 5.02 Å². The van der Waals surface area contributed by atoms with Crippen molar-refractivity contribution in [3.63, 3.8) is 0 Å². The number of anilines is 1. The fraction of sp³-hybridized carbons (Fsp3) is 0.250. The zero-order valence-electron chi connectivity index (χ0n) is 14.8. The molecule has 13 heteroatoms. The normalized spacial score (nSPS) is 15.7. The number of hydrogen-bond acceptors (Lipinski definition) is 7. The summed E-state index contributed by atoms with van der Waals surface area (Å²) >= 11 is 5.71. The first kappa shape index (κ1) is 19.5. The van der Waals surface area contributed by atoms with Crippen molar-refractivity contribution in [1.82, 2.24) is 18.9 Å². The van der Waals surface area contributed by atoms with Gasteiger partial charge in [0.1, 0.15) is 12.0 Å². The van der Waals surface area contributed by atoms with Crippen LogP contribution >= 0.6 is 11.6 Å². The Bertz CT molecular complexity index is 1210. The van der Waals surface area contributed by atoms with Gasteiger partial charge in [-0.3, -0.25) is 0 Å². The van der Waals surface area contributed by atoms with Gasteiger partial charge in [-0.15, -0.1) is 0 Å². The monoisotopic (exact) mass is 440 g/mol. The van der Waals surface area contributed by atoms with Gasteiger partial charge < -0.3 is 15.0 Å². The molecule has 0 N–H and O–H groups in total. The van der Waals surface area contributed by atoms with Gasteiger partial charge in [-0.2, -0.15) is 4.31 Å². The Balaban J connectivity index is 1.53. The minimum atomic E-state index is -3.82. The Morgan fingerprint density at radius 1 is 1.14 bits per heavy atom. The van der Waals surface area contributed by atoms with E-state index in [9.17, 15) is 22.9 Å². The lowest BCUT2D eigenvalue weighted by Gasteiger charge is -2.34. The van der Waals surface area contributed by atoms with E-state index < -0.39 is 20.8 Å². The number of piperazine rings is 1. The lowest BCUT2D eigenvalue weighted by Crippen LogP contribution is -2.49. The molecule has 0 unspecified atom stereocenters. The molecule has 0 amide bonds. The first-order valence-corrected chi connectivity index (χ1v) is 10.3. The predicted molar refractivity (Wildman–Crippen MR) is 102 cm³/mol. The second-order valence-electron chi connectivity index (χ2n) is 6.30. The van der Waals surface area contributed by atoms with E-state index in [0.29, 0.717) is 24.6 Å². The summed E-state index contributed by atoms with van der Waals surface area (Å²) in [4.78, 5) is 16.2. The highest BCUT2D eigenvalue weighted by Gasteiger charge is 2.30. The molecule has 0 atom stereocenters. The summed E-state index contributed by atoms with van der Waals surface area (Å²) in [6.07, 6.45) is 1.13. The molecule has 0 spiro atoms. The van der Waals surface area contributed by atoms with Crippen molar-refractivity contribution in [1.29, 1.82) is 0 Å². The largest absolute Gasteiger partial charge is 0.368 e. The van der Waals surface area contributed by atoms with Gasteiger partial charge in [0.05, 0.1) is 9.92 Å². The summed E-state index contributed by atoms with van der Waals surface area (Å²) in [5, 5.41) is 15.1. The minimum Gasteiger partial charge on any atom is -0.358 e. The molecule has 4 rings (SSSR count). The van der Waals surface area contributed by atoms with Gasteiger partial charge in [-0.1, -0.05) is 21.2 Å². The summed E-state index contributed by atoms with van der Waals surface area (Å²) in [5.74, 6) is -0.470. The maximum absolute atomic E-state index is 13.3. The van der Waals surface area contributed by atoms with E-state index in [2.05, 4.69) is 10.1 Å². The summed E-state index contributed by atoms with van der Waals surface area (Å²) < 4.78 is 41.3. The summed E-state index contributed by atoms with van der Waals surface area (Å²) in [7, 11) is -3.82. The fourth-order valence-electron chi connectivity index (χ4n) is 3.09. The molecule has 0 saturated carbocycles. The highest BCUT2D eigenvalue weighted by molar-refractivity contribution is 7.89. The van der Waals surface area contributed by atoms with Crippen LogP contribution in [-0.2, 0) is 10.0 Å². The van der Waals surface area contributed by atoms with Crippen LogP contribution in [0.15, 0.2) is 41.4 Å². The maximum atomic E-state index is 13.3. The second kappa shape index (κ2) is 7.21. The van der Waals surface area contributed by atoms with Gasteiger partial charge in [0.15, 0.2) is 5.82 Å². The van der Waals surface area contributed by atoms with Crippen LogP contribution in [0.5, 0.6) is 0 Å². The molecule has 1 fully saturated rings.